The van der Waals surface area contributed by atoms with E-state index in [0.29, 0.717) is 13.1 Å². The van der Waals surface area contributed by atoms with Crippen molar-refractivity contribution < 1.29 is 8.42 Å². The van der Waals surface area contributed by atoms with Crippen LogP contribution in [0.4, 0.5) is 0 Å². The Kier molecular flexibility index (Phi) is 6.46. The Hall–Kier alpha value is -0.430. The van der Waals surface area contributed by atoms with Crippen molar-refractivity contribution in [1.82, 2.24) is 9.62 Å². The van der Waals surface area contributed by atoms with E-state index in [2.05, 4.69) is 21.2 Å². The van der Waals surface area contributed by atoms with Crippen molar-refractivity contribution in [2.45, 2.75) is 25.6 Å². The molecule has 0 saturated heterocycles. The Morgan fingerprint density at radius 1 is 1.42 bits per heavy atom. The number of halogens is 1. The predicted molar refractivity (Wildman–Crippen MR) is 82.5 cm³/mol. The second kappa shape index (κ2) is 7.38. The Morgan fingerprint density at radius 2 is 2.11 bits per heavy atom. The Balaban J connectivity index is 2.73. The molecule has 0 aliphatic rings. The molecule has 0 aromatic heterocycles. The zero-order chi connectivity index (χ0) is 14.5. The molecule has 1 atom stereocenters. The topological polar surface area (TPSA) is 49.4 Å². The molecule has 6 heteroatoms. The van der Waals surface area contributed by atoms with E-state index in [9.17, 15) is 8.42 Å². The zero-order valence-corrected chi connectivity index (χ0v) is 14.0. The van der Waals surface area contributed by atoms with Crippen molar-refractivity contribution in [2.75, 3.05) is 20.1 Å². The molecule has 0 heterocycles. The summed E-state index contributed by atoms with van der Waals surface area (Å²) in [5, 5.41) is 2.64. The molecule has 0 fully saturated rings. The Bertz CT molecular complexity index is 505. The normalized spacial score (nSPS) is 13.7. The van der Waals surface area contributed by atoms with Gasteiger partial charge < -0.3 is 5.32 Å². The van der Waals surface area contributed by atoms with Crippen LogP contribution >= 0.6 is 15.9 Å². The van der Waals surface area contributed by atoms with E-state index < -0.39 is 15.3 Å². The highest BCUT2D eigenvalue weighted by Crippen LogP contribution is 2.15. The van der Waals surface area contributed by atoms with Gasteiger partial charge in [-0.05, 0) is 31.2 Å². The maximum Gasteiger partial charge on any atom is 0.218 e. The van der Waals surface area contributed by atoms with E-state index in [0.717, 1.165) is 16.6 Å². The molecule has 0 radical (unpaired) electrons. The molecule has 1 aromatic rings. The number of rotatable bonds is 7. The molecule has 1 N–H and O–H groups in total. The lowest BCUT2D eigenvalue weighted by Crippen LogP contribution is -2.39. The van der Waals surface area contributed by atoms with Crippen LogP contribution in [0.5, 0.6) is 0 Å². The van der Waals surface area contributed by atoms with Gasteiger partial charge in [-0.25, -0.2) is 12.7 Å². The largest absolute Gasteiger partial charge is 0.316 e. The lowest BCUT2D eigenvalue weighted by Gasteiger charge is -2.22. The minimum atomic E-state index is -3.27. The predicted octanol–water partition coefficient (Wildman–Crippen LogP) is 2.21. The van der Waals surface area contributed by atoms with Gasteiger partial charge in [-0.2, -0.15) is 0 Å². The van der Waals surface area contributed by atoms with Crippen molar-refractivity contribution >= 4 is 26.0 Å². The second-order valence-electron chi connectivity index (χ2n) is 4.55. The average molecular weight is 349 g/mol. The lowest BCUT2D eigenvalue weighted by molar-refractivity contribution is 0.454. The SMILES string of the molecule is CCNCC(C)S(=O)(=O)N(C)Cc1cccc(Br)c1. The van der Waals surface area contributed by atoms with Crippen LogP contribution in [0.2, 0.25) is 0 Å². The number of hydrogen-bond donors (Lipinski definition) is 1. The van der Waals surface area contributed by atoms with Crippen LogP contribution in [-0.4, -0.2) is 38.1 Å². The molecule has 0 aliphatic heterocycles. The van der Waals surface area contributed by atoms with E-state index in [4.69, 9.17) is 0 Å². The summed E-state index contributed by atoms with van der Waals surface area (Å²) >= 11 is 3.39. The van der Waals surface area contributed by atoms with E-state index in [1.165, 1.54) is 4.31 Å². The molecule has 0 amide bonds. The fourth-order valence-electron chi connectivity index (χ4n) is 1.74. The number of hydrogen-bond acceptors (Lipinski definition) is 3. The third-order valence-electron chi connectivity index (χ3n) is 2.92. The van der Waals surface area contributed by atoms with Gasteiger partial charge in [0.1, 0.15) is 0 Å². The molecule has 0 spiro atoms. The second-order valence-corrected chi connectivity index (χ2v) is 7.92. The van der Waals surface area contributed by atoms with Gasteiger partial charge >= 0.3 is 0 Å². The summed E-state index contributed by atoms with van der Waals surface area (Å²) in [6.07, 6.45) is 0. The van der Waals surface area contributed by atoms with Crippen molar-refractivity contribution in [1.29, 1.82) is 0 Å². The van der Waals surface area contributed by atoms with Gasteiger partial charge in [0.15, 0.2) is 0 Å². The van der Waals surface area contributed by atoms with Crippen molar-refractivity contribution in [3.8, 4) is 0 Å². The molecular weight excluding hydrogens is 328 g/mol. The highest BCUT2D eigenvalue weighted by molar-refractivity contribution is 9.10. The van der Waals surface area contributed by atoms with Crippen LogP contribution in [0.1, 0.15) is 19.4 Å². The first-order valence-electron chi connectivity index (χ1n) is 6.28. The Labute approximate surface area is 124 Å². The van der Waals surface area contributed by atoms with Gasteiger partial charge in [0, 0.05) is 24.6 Å². The van der Waals surface area contributed by atoms with Gasteiger partial charge in [0.05, 0.1) is 5.25 Å². The van der Waals surface area contributed by atoms with E-state index in [1.54, 1.807) is 14.0 Å². The fraction of sp³-hybridized carbons (Fsp3) is 0.538. The van der Waals surface area contributed by atoms with Gasteiger partial charge in [-0.3, -0.25) is 0 Å². The lowest BCUT2D eigenvalue weighted by atomic mass is 10.2. The van der Waals surface area contributed by atoms with E-state index in [1.807, 2.05) is 31.2 Å². The van der Waals surface area contributed by atoms with Crippen LogP contribution < -0.4 is 5.32 Å². The molecule has 4 nitrogen and oxygen atoms in total. The van der Waals surface area contributed by atoms with E-state index in [-0.39, 0.29) is 0 Å². The van der Waals surface area contributed by atoms with Crippen LogP contribution in [0.25, 0.3) is 0 Å². The average Bonchev–Trinajstić information content (AvgIpc) is 2.35. The summed E-state index contributed by atoms with van der Waals surface area (Å²) in [7, 11) is -1.64. The molecule has 1 unspecified atom stereocenters. The van der Waals surface area contributed by atoms with Crippen LogP contribution in [0.15, 0.2) is 28.7 Å². The molecule has 19 heavy (non-hydrogen) atoms. The quantitative estimate of drug-likeness (QED) is 0.821. The van der Waals surface area contributed by atoms with Crippen LogP contribution in [0, 0.1) is 0 Å². The van der Waals surface area contributed by atoms with Crippen molar-refractivity contribution in [3.05, 3.63) is 34.3 Å². The van der Waals surface area contributed by atoms with Crippen molar-refractivity contribution in [3.63, 3.8) is 0 Å². The third-order valence-corrected chi connectivity index (χ3v) is 5.59. The minimum Gasteiger partial charge on any atom is -0.316 e. The number of nitrogens with zero attached hydrogens (tertiary/aromatic N) is 1. The summed E-state index contributed by atoms with van der Waals surface area (Å²) in [6.45, 7) is 5.33. The number of benzene rings is 1. The highest BCUT2D eigenvalue weighted by atomic mass is 79.9. The van der Waals surface area contributed by atoms with E-state index >= 15 is 0 Å². The van der Waals surface area contributed by atoms with Crippen LogP contribution in [0.3, 0.4) is 0 Å². The summed E-state index contributed by atoms with van der Waals surface area (Å²) in [5.74, 6) is 0. The monoisotopic (exact) mass is 348 g/mol. The van der Waals surface area contributed by atoms with Gasteiger partial charge in [0.25, 0.3) is 0 Å². The van der Waals surface area contributed by atoms with Crippen molar-refractivity contribution in [2.24, 2.45) is 0 Å². The zero-order valence-electron chi connectivity index (χ0n) is 11.6. The summed E-state index contributed by atoms with van der Waals surface area (Å²) < 4.78 is 27.0. The molecule has 1 rings (SSSR count). The third kappa shape index (κ3) is 4.87. The maximum absolute atomic E-state index is 12.3. The van der Waals surface area contributed by atoms with Gasteiger partial charge in [0.2, 0.25) is 10.0 Å². The number of sulfonamides is 1. The first-order valence-corrected chi connectivity index (χ1v) is 8.57. The fourth-order valence-corrected chi connectivity index (χ4v) is 3.46. The van der Waals surface area contributed by atoms with Gasteiger partial charge in [-0.1, -0.05) is 35.0 Å². The summed E-state index contributed by atoms with van der Waals surface area (Å²) in [4.78, 5) is 0. The smallest absolute Gasteiger partial charge is 0.218 e. The molecular formula is C13H21BrN2O2S. The van der Waals surface area contributed by atoms with Gasteiger partial charge in [-0.15, -0.1) is 0 Å². The summed E-state index contributed by atoms with van der Waals surface area (Å²) in [5.41, 5.74) is 0.969. The first-order chi connectivity index (χ1) is 8.87. The standard InChI is InChI=1S/C13H21BrN2O2S/c1-4-15-9-11(2)19(17,18)16(3)10-12-6-5-7-13(14)8-12/h5-8,11,15H,4,9-10H2,1-3H3. The first kappa shape index (κ1) is 16.6. The molecule has 0 aliphatic carbocycles. The Morgan fingerprint density at radius 3 is 2.68 bits per heavy atom. The van der Waals surface area contributed by atoms with Crippen LogP contribution in [-0.2, 0) is 16.6 Å². The highest BCUT2D eigenvalue weighted by Gasteiger charge is 2.25. The number of nitrogens with one attached hydrogen (secondary N) is 1. The summed E-state index contributed by atoms with van der Waals surface area (Å²) in [6, 6.07) is 7.68. The maximum atomic E-state index is 12.3. The minimum absolute atomic E-state index is 0.387. The molecule has 0 saturated carbocycles. The molecule has 108 valence electrons. The molecule has 0 bridgehead atoms. The molecule has 1 aromatic carbocycles.